The molecule has 0 radical (unpaired) electrons. The molecule has 1 aliphatic heterocycles. The summed E-state index contributed by atoms with van der Waals surface area (Å²) in [5, 5.41) is 13.2. The predicted molar refractivity (Wildman–Crippen MR) is 111 cm³/mol. The van der Waals surface area contributed by atoms with Crippen LogP contribution in [0.5, 0.6) is 11.5 Å². The number of nitrogens with one attached hydrogen (secondary N) is 1. The van der Waals surface area contributed by atoms with Crippen molar-refractivity contribution in [1.29, 1.82) is 0 Å². The van der Waals surface area contributed by atoms with Gasteiger partial charge in [-0.05, 0) is 43.9 Å². The highest BCUT2D eigenvalue weighted by Gasteiger charge is 2.47. The Labute approximate surface area is 180 Å². The molecule has 1 aliphatic carbocycles. The van der Waals surface area contributed by atoms with E-state index >= 15 is 0 Å². The van der Waals surface area contributed by atoms with Gasteiger partial charge in [0, 0.05) is 22.9 Å². The Bertz CT molecular complexity index is 992. The van der Waals surface area contributed by atoms with E-state index in [1.54, 1.807) is 26.0 Å². The van der Waals surface area contributed by atoms with Crippen LogP contribution in [0.1, 0.15) is 38.7 Å². The summed E-state index contributed by atoms with van der Waals surface area (Å²) >= 11 is 0. The summed E-state index contributed by atoms with van der Waals surface area (Å²) in [6, 6.07) is 4.66. The van der Waals surface area contributed by atoms with E-state index in [2.05, 4.69) is 5.32 Å². The van der Waals surface area contributed by atoms with Gasteiger partial charge in [-0.25, -0.2) is 4.79 Å². The summed E-state index contributed by atoms with van der Waals surface area (Å²) in [6.45, 7) is 5.45. The number of rotatable bonds is 5. The summed E-state index contributed by atoms with van der Waals surface area (Å²) in [5.41, 5.74) is 2.42. The first kappa shape index (κ1) is 22.4. The normalized spacial score (nSPS) is 23.1. The monoisotopic (exact) mass is 429 g/mol. The van der Waals surface area contributed by atoms with Gasteiger partial charge in [0.15, 0.2) is 17.3 Å². The largest absolute Gasteiger partial charge is 0.504 e. The zero-order valence-corrected chi connectivity index (χ0v) is 18.3. The van der Waals surface area contributed by atoms with Gasteiger partial charge in [0.25, 0.3) is 0 Å². The fourth-order valence-corrected chi connectivity index (χ4v) is 4.37. The van der Waals surface area contributed by atoms with Gasteiger partial charge in [-0.3, -0.25) is 9.59 Å². The van der Waals surface area contributed by atoms with Crippen LogP contribution in [0.4, 0.5) is 0 Å². The quantitative estimate of drug-likeness (QED) is 0.543. The van der Waals surface area contributed by atoms with E-state index in [1.165, 1.54) is 20.3 Å². The van der Waals surface area contributed by atoms with Crippen LogP contribution in [-0.2, 0) is 23.9 Å². The molecule has 0 fully saturated rings. The second-order valence-corrected chi connectivity index (χ2v) is 7.69. The van der Waals surface area contributed by atoms with Crippen LogP contribution in [0, 0.1) is 11.8 Å². The van der Waals surface area contributed by atoms with E-state index in [0.717, 1.165) is 0 Å². The first-order valence-corrected chi connectivity index (χ1v) is 10.1. The molecule has 2 aliphatic rings. The van der Waals surface area contributed by atoms with Crippen molar-refractivity contribution in [2.45, 2.75) is 33.1 Å². The van der Waals surface area contributed by atoms with Crippen molar-refractivity contribution in [1.82, 2.24) is 5.32 Å². The summed E-state index contributed by atoms with van der Waals surface area (Å²) < 4.78 is 15.4. The highest BCUT2D eigenvalue weighted by molar-refractivity contribution is 6.12. The molecule has 0 bridgehead atoms. The van der Waals surface area contributed by atoms with E-state index in [0.29, 0.717) is 29.0 Å². The zero-order chi connectivity index (χ0) is 22.9. The van der Waals surface area contributed by atoms with E-state index in [1.807, 2.05) is 6.92 Å². The number of esters is 2. The number of carbonyl (C=O) groups is 3. The molecule has 0 aromatic heterocycles. The van der Waals surface area contributed by atoms with Crippen LogP contribution >= 0.6 is 0 Å². The number of Topliss-reactive ketones (excluding diaryl/α,β-unsaturated/α-hetero) is 1. The van der Waals surface area contributed by atoms with Crippen LogP contribution in [0.3, 0.4) is 0 Å². The summed E-state index contributed by atoms with van der Waals surface area (Å²) in [4.78, 5) is 38.8. The third kappa shape index (κ3) is 3.89. The average Bonchev–Trinajstić information content (AvgIpc) is 2.73. The second-order valence-electron chi connectivity index (χ2n) is 7.69. The van der Waals surface area contributed by atoms with E-state index in [-0.39, 0.29) is 35.4 Å². The van der Waals surface area contributed by atoms with E-state index in [4.69, 9.17) is 14.2 Å². The lowest BCUT2D eigenvalue weighted by molar-refractivity contribution is -0.151. The van der Waals surface area contributed by atoms with Gasteiger partial charge in [-0.2, -0.15) is 0 Å². The molecule has 1 aromatic carbocycles. The molecule has 166 valence electrons. The van der Waals surface area contributed by atoms with Gasteiger partial charge in [0.1, 0.15) is 5.92 Å². The fourth-order valence-electron chi connectivity index (χ4n) is 4.37. The third-order valence-electron chi connectivity index (χ3n) is 5.78. The number of dihydropyridines is 1. The third-order valence-corrected chi connectivity index (χ3v) is 5.78. The molecule has 0 saturated carbocycles. The number of hydrogen-bond acceptors (Lipinski definition) is 8. The van der Waals surface area contributed by atoms with E-state index < -0.39 is 23.8 Å². The molecule has 0 unspecified atom stereocenters. The Morgan fingerprint density at radius 1 is 1.26 bits per heavy atom. The maximum absolute atomic E-state index is 13.6. The number of methoxy groups -OCH3 is 2. The first-order chi connectivity index (χ1) is 14.7. The Hall–Kier alpha value is -3.29. The zero-order valence-electron chi connectivity index (χ0n) is 18.3. The van der Waals surface area contributed by atoms with E-state index in [9.17, 15) is 19.5 Å². The Morgan fingerprint density at radius 3 is 2.58 bits per heavy atom. The number of phenolic OH excluding ortho intramolecular Hbond substituents is 1. The van der Waals surface area contributed by atoms with Gasteiger partial charge >= 0.3 is 11.9 Å². The number of phenols is 1. The van der Waals surface area contributed by atoms with Gasteiger partial charge < -0.3 is 24.6 Å². The SMILES string of the molecule is CCOC(=O)C1=C(C)NC2=C(C(=O)[C@@H](C(=O)OC)[C@H](C)C2)[C@H]1c1ccc(O)c(OC)c1. The van der Waals surface area contributed by atoms with Crippen molar-refractivity contribution < 1.29 is 33.7 Å². The lowest BCUT2D eigenvalue weighted by Crippen LogP contribution is -2.43. The highest BCUT2D eigenvalue weighted by atomic mass is 16.5. The molecule has 1 heterocycles. The van der Waals surface area contributed by atoms with Gasteiger partial charge in [0.05, 0.1) is 26.4 Å². The average molecular weight is 429 g/mol. The van der Waals surface area contributed by atoms with Crippen molar-refractivity contribution in [2.75, 3.05) is 20.8 Å². The minimum atomic E-state index is -0.964. The number of benzene rings is 1. The molecular formula is C23H27NO7. The molecule has 3 rings (SSSR count). The van der Waals surface area contributed by atoms with Crippen LogP contribution < -0.4 is 10.1 Å². The highest BCUT2D eigenvalue weighted by Crippen LogP contribution is 2.46. The van der Waals surface area contributed by atoms with Gasteiger partial charge in [-0.15, -0.1) is 0 Å². The molecule has 31 heavy (non-hydrogen) atoms. The maximum Gasteiger partial charge on any atom is 0.336 e. The minimum absolute atomic E-state index is 0.0659. The maximum atomic E-state index is 13.6. The lowest BCUT2D eigenvalue weighted by Gasteiger charge is -2.38. The Kier molecular flexibility index (Phi) is 6.38. The second kappa shape index (κ2) is 8.83. The molecule has 3 atom stereocenters. The number of carbonyl (C=O) groups excluding carboxylic acids is 3. The summed E-state index contributed by atoms with van der Waals surface area (Å²) in [6.07, 6.45) is 0.444. The minimum Gasteiger partial charge on any atom is -0.504 e. The molecular weight excluding hydrogens is 402 g/mol. The lowest BCUT2D eigenvalue weighted by atomic mass is 9.69. The Balaban J connectivity index is 2.22. The number of allylic oxidation sites excluding steroid dienone is 3. The molecule has 0 spiro atoms. The van der Waals surface area contributed by atoms with Gasteiger partial charge in [0.2, 0.25) is 0 Å². The fraction of sp³-hybridized carbons (Fsp3) is 0.435. The predicted octanol–water partition coefficient (Wildman–Crippen LogP) is 2.58. The first-order valence-electron chi connectivity index (χ1n) is 10.1. The Morgan fingerprint density at radius 2 is 1.97 bits per heavy atom. The van der Waals surface area contributed by atoms with Gasteiger partial charge in [-0.1, -0.05) is 13.0 Å². The van der Waals surface area contributed by atoms with Crippen molar-refractivity contribution in [3.8, 4) is 11.5 Å². The number of hydrogen-bond donors (Lipinski definition) is 2. The standard InChI is InChI=1S/C23H27NO7/c1-6-31-23(28)18-12(3)24-14-9-11(2)17(22(27)30-5)21(26)20(14)19(18)13-7-8-15(25)16(10-13)29-4/h7-8,10-11,17,19,24-25H,6,9H2,1-5H3/t11-,17+,19+/m1/s1. The molecule has 2 N–H and O–H groups in total. The summed E-state index contributed by atoms with van der Waals surface area (Å²) in [5.74, 6) is -3.42. The summed E-state index contributed by atoms with van der Waals surface area (Å²) in [7, 11) is 2.67. The number of ether oxygens (including phenoxy) is 3. The molecule has 1 aromatic rings. The van der Waals surface area contributed by atoms with Crippen LogP contribution in [0.15, 0.2) is 40.7 Å². The number of ketones is 1. The molecule has 8 heteroatoms. The van der Waals surface area contributed by atoms with Crippen molar-refractivity contribution >= 4 is 17.7 Å². The number of aromatic hydroxyl groups is 1. The van der Waals surface area contributed by atoms with Crippen molar-refractivity contribution in [3.05, 3.63) is 46.3 Å². The molecule has 0 amide bonds. The van der Waals surface area contributed by atoms with Crippen molar-refractivity contribution in [2.24, 2.45) is 11.8 Å². The topological polar surface area (TPSA) is 111 Å². The molecule has 8 nitrogen and oxygen atoms in total. The van der Waals surface area contributed by atoms with Crippen molar-refractivity contribution in [3.63, 3.8) is 0 Å². The smallest absolute Gasteiger partial charge is 0.336 e. The van der Waals surface area contributed by atoms with Crippen LogP contribution in [0.25, 0.3) is 0 Å². The van der Waals surface area contributed by atoms with Crippen LogP contribution in [-0.4, -0.2) is 43.7 Å². The van der Waals surface area contributed by atoms with Crippen LogP contribution in [0.2, 0.25) is 0 Å². The molecule has 0 saturated heterocycles.